The third-order valence-electron chi connectivity index (χ3n) is 4.14. The number of nitrogens with two attached hydrogens (primary N) is 1. The minimum atomic E-state index is -0.448. The molecule has 0 fully saturated rings. The van der Waals surface area contributed by atoms with Gasteiger partial charge in [-0.3, -0.25) is 0 Å². The lowest BCUT2D eigenvalue weighted by Crippen LogP contribution is -2.27. The number of carbonyl (C=O) groups excluding carboxylic acids is 1. The molecule has 0 spiro atoms. The van der Waals surface area contributed by atoms with Crippen LogP contribution in [0, 0.1) is 0 Å². The minimum Gasteiger partial charge on any atom is -0.450 e. The molecule has 0 radical (unpaired) electrons. The second-order valence-corrected chi connectivity index (χ2v) is 6.57. The van der Waals surface area contributed by atoms with E-state index in [1.807, 2.05) is 29.7 Å². The molecule has 1 atom stereocenters. The Hall–Kier alpha value is -2.87. The number of imidazole rings is 1. The van der Waals surface area contributed by atoms with Crippen molar-refractivity contribution < 1.29 is 9.53 Å². The van der Waals surface area contributed by atoms with Gasteiger partial charge in [0.2, 0.25) is 0 Å². The molecule has 9 heteroatoms. The first-order valence-electron chi connectivity index (χ1n) is 8.64. The summed E-state index contributed by atoms with van der Waals surface area (Å²) < 4.78 is 7.15. The summed E-state index contributed by atoms with van der Waals surface area (Å²) in [4.78, 5) is 24.2. The highest BCUT2D eigenvalue weighted by Crippen LogP contribution is 2.17. The number of hydrogen-bond donors (Lipinski definition) is 2. The van der Waals surface area contributed by atoms with Gasteiger partial charge in [-0.1, -0.05) is 23.7 Å². The number of nitrogens with zero attached hydrogens (tertiary/aromatic N) is 4. The van der Waals surface area contributed by atoms with Gasteiger partial charge in [0.05, 0.1) is 19.0 Å². The van der Waals surface area contributed by atoms with Crippen molar-refractivity contribution in [2.75, 3.05) is 12.3 Å². The van der Waals surface area contributed by atoms with Gasteiger partial charge in [-0.05, 0) is 37.5 Å². The molecule has 3 rings (SSSR count). The number of nitrogens with one attached hydrogen (secondary N) is 1. The summed E-state index contributed by atoms with van der Waals surface area (Å²) in [5.74, 6) is 0.368. The molecule has 1 amide bonds. The molecule has 0 aliphatic rings. The lowest BCUT2D eigenvalue weighted by atomic mass is 10.1. The Labute approximate surface area is 161 Å². The Morgan fingerprint density at radius 2 is 2.19 bits per heavy atom. The maximum absolute atomic E-state index is 11.9. The van der Waals surface area contributed by atoms with E-state index in [-0.39, 0.29) is 6.04 Å². The maximum Gasteiger partial charge on any atom is 0.407 e. The summed E-state index contributed by atoms with van der Waals surface area (Å²) in [6.45, 7) is 2.92. The second-order valence-electron chi connectivity index (χ2n) is 6.13. The van der Waals surface area contributed by atoms with Gasteiger partial charge in [-0.15, -0.1) is 0 Å². The average molecular weight is 389 g/mol. The molecule has 2 heterocycles. The van der Waals surface area contributed by atoms with Crippen LogP contribution in [0.3, 0.4) is 0 Å². The number of aromatic nitrogens is 4. The van der Waals surface area contributed by atoms with Crippen molar-refractivity contribution >= 4 is 34.7 Å². The SMILES string of the molecule is CC(NC(=O)OCCCCn1cnc2c(N)ncnc21)c1cccc(Cl)c1. The van der Waals surface area contributed by atoms with E-state index in [0.29, 0.717) is 35.2 Å². The molecule has 142 valence electrons. The van der Waals surface area contributed by atoms with E-state index in [0.717, 1.165) is 18.4 Å². The predicted octanol–water partition coefficient (Wildman–Crippen LogP) is 3.33. The van der Waals surface area contributed by atoms with Gasteiger partial charge in [0.15, 0.2) is 11.5 Å². The van der Waals surface area contributed by atoms with Crippen LogP contribution in [0.25, 0.3) is 11.2 Å². The molecule has 2 aromatic heterocycles. The van der Waals surface area contributed by atoms with Crippen LogP contribution in [0.5, 0.6) is 0 Å². The molecular weight excluding hydrogens is 368 g/mol. The number of fused-ring (bicyclic) bond motifs is 1. The van der Waals surface area contributed by atoms with Crippen molar-refractivity contribution in [3.8, 4) is 0 Å². The highest BCUT2D eigenvalue weighted by molar-refractivity contribution is 6.30. The number of carbonyl (C=O) groups is 1. The van der Waals surface area contributed by atoms with Crippen molar-refractivity contribution in [2.45, 2.75) is 32.4 Å². The van der Waals surface area contributed by atoms with Crippen molar-refractivity contribution in [1.29, 1.82) is 0 Å². The highest BCUT2D eigenvalue weighted by Gasteiger charge is 2.11. The fraction of sp³-hybridized carbons (Fsp3) is 0.333. The summed E-state index contributed by atoms with van der Waals surface area (Å²) in [5.41, 5.74) is 8.00. The van der Waals surface area contributed by atoms with E-state index in [4.69, 9.17) is 22.1 Å². The maximum atomic E-state index is 11.9. The zero-order valence-electron chi connectivity index (χ0n) is 14.9. The number of alkyl carbamates (subject to hydrolysis) is 1. The van der Waals surface area contributed by atoms with Gasteiger partial charge in [-0.2, -0.15) is 0 Å². The molecule has 3 aromatic rings. The second kappa shape index (κ2) is 8.68. The summed E-state index contributed by atoms with van der Waals surface area (Å²) in [6, 6.07) is 7.18. The van der Waals surface area contributed by atoms with Crippen LogP contribution in [-0.4, -0.2) is 32.2 Å². The van der Waals surface area contributed by atoms with Crippen LogP contribution in [-0.2, 0) is 11.3 Å². The van der Waals surface area contributed by atoms with Crippen LogP contribution in [0.4, 0.5) is 10.6 Å². The Morgan fingerprint density at radius 3 is 3.00 bits per heavy atom. The summed E-state index contributed by atoms with van der Waals surface area (Å²) in [6.07, 6.45) is 4.20. The number of aryl methyl sites for hydroxylation is 1. The Balaban J connectivity index is 1.39. The first kappa shape index (κ1) is 18.9. The van der Waals surface area contributed by atoms with Crippen molar-refractivity contribution in [3.63, 3.8) is 0 Å². The van der Waals surface area contributed by atoms with E-state index in [1.54, 1.807) is 12.4 Å². The molecule has 3 N–H and O–H groups in total. The molecular formula is C18H21ClN6O2. The number of halogens is 1. The fourth-order valence-electron chi connectivity index (χ4n) is 2.69. The number of amides is 1. The van der Waals surface area contributed by atoms with Crippen molar-refractivity contribution in [1.82, 2.24) is 24.8 Å². The van der Waals surface area contributed by atoms with E-state index in [1.165, 1.54) is 6.33 Å². The summed E-state index contributed by atoms with van der Waals surface area (Å²) >= 11 is 5.97. The van der Waals surface area contributed by atoms with Gasteiger partial charge in [-0.25, -0.2) is 19.7 Å². The standard InChI is InChI=1S/C18H21ClN6O2/c1-12(13-5-4-6-14(19)9-13)24-18(26)27-8-3-2-7-25-11-23-15-16(20)21-10-22-17(15)25/h4-6,9-12H,2-3,7-8H2,1H3,(H,24,26)(H2,20,21,22). The Kier molecular flexibility index (Phi) is 6.08. The molecule has 0 aliphatic carbocycles. The normalized spacial score (nSPS) is 12.1. The van der Waals surface area contributed by atoms with Crippen LogP contribution >= 0.6 is 11.6 Å². The largest absolute Gasteiger partial charge is 0.450 e. The number of hydrogen-bond acceptors (Lipinski definition) is 6. The third kappa shape index (κ3) is 4.85. The lowest BCUT2D eigenvalue weighted by molar-refractivity contribution is 0.140. The number of nitrogen functional groups attached to an aromatic ring is 1. The molecule has 1 aromatic carbocycles. The van der Waals surface area contributed by atoms with Crippen LogP contribution in [0.15, 0.2) is 36.9 Å². The predicted molar refractivity (Wildman–Crippen MR) is 103 cm³/mol. The quantitative estimate of drug-likeness (QED) is 0.601. The average Bonchev–Trinajstić information content (AvgIpc) is 3.06. The van der Waals surface area contributed by atoms with Crippen LogP contribution in [0.2, 0.25) is 5.02 Å². The number of ether oxygens (including phenoxy) is 1. The Bertz CT molecular complexity index is 929. The Morgan fingerprint density at radius 1 is 1.33 bits per heavy atom. The zero-order valence-corrected chi connectivity index (χ0v) is 15.7. The number of benzene rings is 1. The van der Waals surface area contributed by atoms with Crippen molar-refractivity contribution in [3.05, 3.63) is 47.5 Å². The molecule has 1 unspecified atom stereocenters. The number of unbranched alkanes of at least 4 members (excludes halogenated alkanes) is 1. The number of rotatable bonds is 7. The van der Waals surface area contributed by atoms with Crippen LogP contribution in [0.1, 0.15) is 31.4 Å². The topological polar surface area (TPSA) is 108 Å². The smallest absolute Gasteiger partial charge is 0.407 e. The van der Waals surface area contributed by atoms with E-state index in [2.05, 4.69) is 20.3 Å². The summed E-state index contributed by atoms with van der Waals surface area (Å²) in [5, 5.41) is 3.43. The minimum absolute atomic E-state index is 0.182. The molecule has 0 aliphatic heterocycles. The van der Waals surface area contributed by atoms with Gasteiger partial charge in [0.25, 0.3) is 0 Å². The molecule has 27 heavy (non-hydrogen) atoms. The summed E-state index contributed by atoms with van der Waals surface area (Å²) in [7, 11) is 0. The first-order valence-corrected chi connectivity index (χ1v) is 9.02. The van der Waals surface area contributed by atoms with Gasteiger partial charge < -0.3 is 20.4 Å². The van der Waals surface area contributed by atoms with Gasteiger partial charge in [0, 0.05) is 11.6 Å². The molecule has 0 saturated heterocycles. The first-order chi connectivity index (χ1) is 13.0. The van der Waals surface area contributed by atoms with Crippen LogP contribution < -0.4 is 11.1 Å². The van der Waals surface area contributed by atoms with Gasteiger partial charge >= 0.3 is 6.09 Å². The van der Waals surface area contributed by atoms with E-state index in [9.17, 15) is 4.79 Å². The zero-order chi connectivity index (χ0) is 19.2. The lowest BCUT2D eigenvalue weighted by Gasteiger charge is -2.14. The number of anilines is 1. The van der Waals surface area contributed by atoms with E-state index >= 15 is 0 Å². The molecule has 8 nitrogen and oxygen atoms in total. The monoisotopic (exact) mass is 388 g/mol. The molecule has 0 saturated carbocycles. The highest BCUT2D eigenvalue weighted by atomic mass is 35.5. The van der Waals surface area contributed by atoms with Gasteiger partial charge in [0.1, 0.15) is 11.8 Å². The van der Waals surface area contributed by atoms with Crippen molar-refractivity contribution in [2.24, 2.45) is 0 Å². The molecule has 0 bridgehead atoms. The van der Waals surface area contributed by atoms with E-state index < -0.39 is 6.09 Å². The fourth-order valence-corrected chi connectivity index (χ4v) is 2.89. The third-order valence-corrected chi connectivity index (χ3v) is 4.37.